The van der Waals surface area contributed by atoms with Gasteiger partial charge in [-0.3, -0.25) is 0 Å². The van der Waals surface area contributed by atoms with Crippen LogP contribution in [-0.4, -0.2) is 20.3 Å². The van der Waals surface area contributed by atoms with Gasteiger partial charge in [-0.1, -0.05) is 22.0 Å². The van der Waals surface area contributed by atoms with Crippen LogP contribution in [0.1, 0.15) is 0 Å². The van der Waals surface area contributed by atoms with Crippen LogP contribution in [0.25, 0.3) is 0 Å². The highest BCUT2D eigenvalue weighted by Crippen LogP contribution is 2.17. The minimum atomic E-state index is 0.590. The molecular formula is C9H11BrO2. The Bertz CT molecular complexity index is 238. The summed E-state index contributed by atoms with van der Waals surface area (Å²) in [6, 6.07) is 7.74. The largest absolute Gasteiger partial charge is 0.491 e. The zero-order valence-electron chi connectivity index (χ0n) is 6.92. The average Bonchev–Trinajstić information content (AvgIpc) is 2.05. The van der Waals surface area contributed by atoms with E-state index in [-0.39, 0.29) is 0 Å². The second-order valence-electron chi connectivity index (χ2n) is 2.30. The number of benzene rings is 1. The van der Waals surface area contributed by atoms with Crippen LogP contribution in [0.5, 0.6) is 5.75 Å². The lowest BCUT2D eigenvalue weighted by atomic mass is 10.3. The van der Waals surface area contributed by atoms with E-state index in [0.29, 0.717) is 13.2 Å². The minimum Gasteiger partial charge on any atom is -0.491 e. The van der Waals surface area contributed by atoms with E-state index in [1.54, 1.807) is 7.11 Å². The third-order valence-corrected chi connectivity index (χ3v) is 1.85. The van der Waals surface area contributed by atoms with Gasteiger partial charge in [-0.25, -0.2) is 0 Å². The van der Waals surface area contributed by atoms with Gasteiger partial charge in [0.05, 0.1) is 6.61 Å². The summed E-state index contributed by atoms with van der Waals surface area (Å²) in [6.07, 6.45) is 0. The molecule has 0 saturated heterocycles. The molecule has 1 aromatic rings. The van der Waals surface area contributed by atoms with Crippen molar-refractivity contribution >= 4 is 15.9 Å². The van der Waals surface area contributed by atoms with Crippen LogP contribution >= 0.6 is 15.9 Å². The fraction of sp³-hybridized carbons (Fsp3) is 0.333. The van der Waals surface area contributed by atoms with Gasteiger partial charge in [0.25, 0.3) is 0 Å². The lowest BCUT2D eigenvalue weighted by molar-refractivity contribution is 0.146. The molecular weight excluding hydrogens is 220 g/mol. The molecule has 0 bridgehead atoms. The Morgan fingerprint density at radius 2 is 2.17 bits per heavy atom. The molecule has 0 radical (unpaired) electrons. The Hall–Kier alpha value is -0.540. The van der Waals surface area contributed by atoms with E-state index in [1.165, 1.54) is 0 Å². The first-order chi connectivity index (χ1) is 5.83. The lowest BCUT2D eigenvalue weighted by Crippen LogP contribution is -2.03. The number of methoxy groups -OCH3 is 1. The summed E-state index contributed by atoms with van der Waals surface area (Å²) >= 11 is 3.36. The molecule has 0 fully saturated rings. The van der Waals surface area contributed by atoms with Gasteiger partial charge >= 0.3 is 0 Å². The molecule has 0 spiro atoms. The predicted molar refractivity (Wildman–Crippen MR) is 51.5 cm³/mol. The maximum atomic E-state index is 5.37. The quantitative estimate of drug-likeness (QED) is 0.741. The number of rotatable bonds is 4. The van der Waals surface area contributed by atoms with Crippen molar-refractivity contribution in [2.75, 3.05) is 20.3 Å². The van der Waals surface area contributed by atoms with E-state index < -0.39 is 0 Å². The van der Waals surface area contributed by atoms with E-state index in [9.17, 15) is 0 Å². The highest BCUT2D eigenvalue weighted by Gasteiger charge is 1.92. The standard InChI is InChI=1S/C9H11BrO2/c1-11-5-6-12-9-4-2-3-8(10)7-9/h2-4,7H,5-6H2,1H3. The monoisotopic (exact) mass is 230 g/mol. The first-order valence-electron chi connectivity index (χ1n) is 3.70. The molecule has 0 aliphatic carbocycles. The van der Waals surface area contributed by atoms with E-state index in [2.05, 4.69) is 15.9 Å². The first-order valence-corrected chi connectivity index (χ1v) is 4.49. The molecule has 12 heavy (non-hydrogen) atoms. The molecule has 2 nitrogen and oxygen atoms in total. The molecule has 3 heteroatoms. The van der Waals surface area contributed by atoms with Crippen molar-refractivity contribution in [1.29, 1.82) is 0 Å². The third kappa shape index (κ3) is 3.24. The lowest BCUT2D eigenvalue weighted by Gasteiger charge is -2.04. The second kappa shape index (κ2) is 5.17. The Kier molecular flexibility index (Phi) is 4.11. The molecule has 0 heterocycles. The molecule has 0 aliphatic heterocycles. The van der Waals surface area contributed by atoms with Crippen LogP contribution < -0.4 is 4.74 Å². The fourth-order valence-electron chi connectivity index (χ4n) is 0.800. The van der Waals surface area contributed by atoms with Crippen molar-refractivity contribution in [3.05, 3.63) is 28.7 Å². The number of ether oxygens (including phenoxy) is 2. The van der Waals surface area contributed by atoms with Crippen molar-refractivity contribution in [1.82, 2.24) is 0 Å². The molecule has 1 rings (SSSR count). The summed E-state index contributed by atoms with van der Waals surface area (Å²) in [6.45, 7) is 1.21. The zero-order chi connectivity index (χ0) is 8.81. The van der Waals surface area contributed by atoms with Gasteiger partial charge in [0, 0.05) is 11.6 Å². The Labute approximate surface area is 80.6 Å². The van der Waals surface area contributed by atoms with E-state index in [4.69, 9.17) is 9.47 Å². The van der Waals surface area contributed by atoms with Gasteiger partial charge < -0.3 is 9.47 Å². The summed E-state index contributed by atoms with van der Waals surface area (Å²) in [5.41, 5.74) is 0. The van der Waals surface area contributed by atoms with Crippen molar-refractivity contribution in [3.63, 3.8) is 0 Å². The second-order valence-corrected chi connectivity index (χ2v) is 3.21. The van der Waals surface area contributed by atoms with Crippen molar-refractivity contribution in [2.45, 2.75) is 0 Å². The molecule has 0 aromatic heterocycles. The summed E-state index contributed by atoms with van der Waals surface area (Å²) in [5.74, 6) is 0.862. The zero-order valence-corrected chi connectivity index (χ0v) is 8.50. The summed E-state index contributed by atoms with van der Waals surface area (Å²) in [7, 11) is 1.66. The predicted octanol–water partition coefficient (Wildman–Crippen LogP) is 2.47. The van der Waals surface area contributed by atoms with Gasteiger partial charge in [-0.15, -0.1) is 0 Å². The normalized spacial score (nSPS) is 9.83. The van der Waals surface area contributed by atoms with E-state index in [0.717, 1.165) is 10.2 Å². The highest BCUT2D eigenvalue weighted by molar-refractivity contribution is 9.10. The fourth-order valence-corrected chi connectivity index (χ4v) is 1.18. The third-order valence-electron chi connectivity index (χ3n) is 1.35. The summed E-state index contributed by atoms with van der Waals surface area (Å²) in [4.78, 5) is 0. The first kappa shape index (κ1) is 9.55. The minimum absolute atomic E-state index is 0.590. The molecule has 0 unspecified atom stereocenters. The van der Waals surface area contributed by atoms with Crippen LogP contribution in [0, 0.1) is 0 Å². The molecule has 1 aromatic carbocycles. The number of halogens is 1. The van der Waals surface area contributed by atoms with Crippen LogP contribution in [0.15, 0.2) is 28.7 Å². The van der Waals surface area contributed by atoms with Crippen LogP contribution in [-0.2, 0) is 4.74 Å². The van der Waals surface area contributed by atoms with Crippen molar-refractivity contribution in [3.8, 4) is 5.75 Å². The van der Waals surface area contributed by atoms with Gasteiger partial charge in [-0.05, 0) is 18.2 Å². The SMILES string of the molecule is COCCOc1cccc(Br)c1. The molecule has 0 atom stereocenters. The smallest absolute Gasteiger partial charge is 0.120 e. The van der Waals surface area contributed by atoms with E-state index >= 15 is 0 Å². The van der Waals surface area contributed by atoms with Gasteiger partial charge in [-0.2, -0.15) is 0 Å². The summed E-state index contributed by atoms with van der Waals surface area (Å²) < 4.78 is 11.3. The van der Waals surface area contributed by atoms with E-state index in [1.807, 2.05) is 24.3 Å². The number of hydrogen-bond donors (Lipinski definition) is 0. The Balaban J connectivity index is 2.41. The average molecular weight is 231 g/mol. The number of hydrogen-bond acceptors (Lipinski definition) is 2. The molecule has 66 valence electrons. The van der Waals surface area contributed by atoms with Crippen molar-refractivity contribution < 1.29 is 9.47 Å². The Morgan fingerprint density at radius 1 is 1.33 bits per heavy atom. The maximum Gasteiger partial charge on any atom is 0.120 e. The molecule has 0 aliphatic rings. The molecule has 0 amide bonds. The van der Waals surface area contributed by atoms with Crippen LogP contribution in [0.4, 0.5) is 0 Å². The van der Waals surface area contributed by atoms with Crippen LogP contribution in [0.2, 0.25) is 0 Å². The molecule has 0 N–H and O–H groups in total. The summed E-state index contributed by atoms with van der Waals surface area (Å²) in [5, 5.41) is 0. The molecule has 0 saturated carbocycles. The van der Waals surface area contributed by atoms with Gasteiger partial charge in [0.2, 0.25) is 0 Å². The topological polar surface area (TPSA) is 18.5 Å². The van der Waals surface area contributed by atoms with Gasteiger partial charge in [0.1, 0.15) is 12.4 Å². The maximum absolute atomic E-state index is 5.37. The Morgan fingerprint density at radius 3 is 2.83 bits per heavy atom. The van der Waals surface area contributed by atoms with Crippen molar-refractivity contribution in [2.24, 2.45) is 0 Å². The highest BCUT2D eigenvalue weighted by atomic mass is 79.9. The van der Waals surface area contributed by atoms with Gasteiger partial charge in [0.15, 0.2) is 0 Å². The van der Waals surface area contributed by atoms with Crippen LogP contribution in [0.3, 0.4) is 0 Å².